The molecule has 3 amide bonds. The summed E-state index contributed by atoms with van der Waals surface area (Å²) in [5.74, 6) is -1.04. The van der Waals surface area contributed by atoms with Gasteiger partial charge in [-0.3, -0.25) is 14.4 Å². The molecule has 9 heteroatoms. The molecule has 1 atom stereocenters. The molecular formula is C42H41N3O5S. The molecule has 0 aliphatic rings. The van der Waals surface area contributed by atoms with Gasteiger partial charge in [0.05, 0.1) is 10.4 Å². The average molecular weight is 700 g/mol. The maximum Gasteiger partial charge on any atom is 0.408 e. The SMILES string of the molecule is CC(=O)Nc1ccc(NC(=O)[C@H](CSC(c2ccccc2)(c2ccccc2)c2ccccc2)NC(=O)OC(C)(C)C)cc1C(=O)c1ccccc1. The highest BCUT2D eigenvalue weighted by atomic mass is 32.2. The zero-order valence-electron chi connectivity index (χ0n) is 29.0. The van der Waals surface area contributed by atoms with E-state index >= 15 is 0 Å². The second-order valence-electron chi connectivity index (χ2n) is 12.9. The lowest BCUT2D eigenvalue weighted by Crippen LogP contribution is -2.48. The van der Waals surface area contributed by atoms with Crippen molar-refractivity contribution in [2.45, 2.75) is 44.1 Å². The van der Waals surface area contributed by atoms with Gasteiger partial charge < -0.3 is 20.7 Å². The van der Waals surface area contributed by atoms with Crippen molar-refractivity contribution in [3.8, 4) is 0 Å². The van der Waals surface area contributed by atoms with Crippen LogP contribution >= 0.6 is 11.8 Å². The number of alkyl carbamates (subject to hydrolysis) is 1. The molecule has 0 saturated heterocycles. The van der Waals surface area contributed by atoms with Gasteiger partial charge >= 0.3 is 6.09 Å². The highest BCUT2D eigenvalue weighted by Gasteiger charge is 2.39. The van der Waals surface area contributed by atoms with Gasteiger partial charge in [-0.2, -0.15) is 0 Å². The van der Waals surface area contributed by atoms with Crippen molar-refractivity contribution in [1.82, 2.24) is 5.32 Å². The lowest BCUT2D eigenvalue weighted by atomic mass is 9.84. The molecule has 51 heavy (non-hydrogen) atoms. The van der Waals surface area contributed by atoms with Crippen LogP contribution in [0.5, 0.6) is 0 Å². The summed E-state index contributed by atoms with van der Waals surface area (Å²) in [6.07, 6.45) is -0.742. The minimum absolute atomic E-state index is 0.142. The zero-order valence-corrected chi connectivity index (χ0v) is 29.8. The lowest BCUT2D eigenvalue weighted by Gasteiger charge is -2.36. The van der Waals surface area contributed by atoms with Gasteiger partial charge in [-0.15, -0.1) is 11.8 Å². The Balaban J connectivity index is 1.53. The minimum atomic E-state index is -1.07. The number of rotatable bonds is 12. The number of thioether (sulfide) groups is 1. The van der Waals surface area contributed by atoms with Crippen molar-refractivity contribution in [2.24, 2.45) is 0 Å². The normalized spacial score (nSPS) is 11.9. The van der Waals surface area contributed by atoms with E-state index < -0.39 is 28.4 Å². The molecule has 0 bridgehead atoms. The fraction of sp³-hybridized carbons (Fsp3) is 0.190. The predicted octanol–water partition coefficient (Wildman–Crippen LogP) is 8.43. The molecule has 0 saturated carbocycles. The second kappa shape index (κ2) is 16.4. The number of anilines is 2. The van der Waals surface area contributed by atoms with E-state index in [-0.39, 0.29) is 23.0 Å². The van der Waals surface area contributed by atoms with Gasteiger partial charge in [-0.1, -0.05) is 121 Å². The first-order valence-electron chi connectivity index (χ1n) is 16.6. The number of carbonyl (C=O) groups is 4. The number of nitrogens with one attached hydrogen (secondary N) is 3. The van der Waals surface area contributed by atoms with Crippen LogP contribution in [0.1, 0.15) is 60.3 Å². The summed E-state index contributed by atoms with van der Waals surface area (Å²) in [4.78, 5) is 53.0. The summed E-state index contributed by atoms with van der Waals surface area (Å²) >= 11 is 1.52. The first-order valence-corrected chi connectivity index (χ1v) is 17.6. The van der Waals surface area contributed by atoms with Gasteiger partial charge in [-0.05, 0) is 55.7 Å². The summed E-state index contributed by atoms with van der Waals surface area (Å²) in [5, 5.41) is 8.42. The van der Waals surface area contributed by atoms with E-state index in [0.717, 1.165) is 16.7 Å². The first-order chi connectivity index (χ1) is 24.5. The standard InChI is InChI=1S/C42H41N3O5S/c1-29(46)43-36-26-25-34(27-35(36)38(47)30-17-9-5-10-18-30)44-39(48)37(45-40(49)50-41(2,3)4)28-51-42(31-19-11-6-12-20-31,32-21-13-7-14-22-32)33-23-15-8-16-24-33/h5-27,37H,28H2,1-4H3,(H,43,46)(H,44,48)(H,45,49)/t37-/m0/s1. The topological polar surface area (TPSA) is 114 Å². The van der Waals surface area contributed by atoms with Crippen LogP contribution in [0.2, 0.25) is 0 Å². The van der Waals surface area contributed by atoms with Crippen LogP contribution in [0, 0.1) is 0 Å². The molecule has 0 spiro atoms. The molecule has 0 fully saturated rings. The van der Waals surface area contributed by atoms with Crippen molar-refractivity contribution in [3.05, 3.63) is 167 Å². The van der Waals surface area contributed by atoms with E-state index in [1.54, 1.807) is 63.2 Å². The zero-order chi connectivity index (χ0) is 36.4. The molecule has 0 heterocycles. The summed E-state index contributed by atoms with van der Waals surface area (Å²) < 4.78 is 4.83. The van der Waals surface area contributed by atoms with Crippen LogP contribution in [0.3, 0.4) is 0 Å². The molecule has 0 aliphatic carbocycles. The van der Waals surface area contributed by atoms with Crippen LogP contribution in [-0.4, -0.2) is 41.1 Å². The summed E-state index contributed by atoms with van der Waals surface area (Å²) in [7, 11) is 0. The number of hydrogen-bond donors (Lipinski definition) is 3. The van der Waals surface area contributed by atoms with Crippen molar-refractivity contribution < 1.29 is 23.9 Å². The van der Waals surface area contributed by atoms with Crippen molar-refractivity contribution >= 4 is 46.8 Å². The summed E-state index contributed by atoms with van der Waals surface area (Å²) in [5.41, 5.74) is 3.46. The van der Waals surface area contributed by atoms with Crippen LogP contribution in [0.25, 0.3) is 0 Å². The molecule has 0 aliphatic heterocycles. The smallest absolute Gasteiger partial charge is 0.408 e. The third kappa shape index (κ3) is 9.32. The number of ketones is 1. The Morgan fingerprint density at radius 3 is 1.63 bits per heavy atom. The van der Waals surface area contributed by atoms with Crippen LogP contribution in [0.4, 0.5) is 16.2 Å². The van der Waals surface area contributed by atoms with E-state index in [1.807, 2.05) is 54.6 Å². The second-order valence-corrected chi connectivity index (χ2v) is 14.1. The van der Waals surface area contributed by atoms with Gasteiger partial charge in [0.25, 0.3) is 0 Å². The van der Waals surface area contributed by atoms with Crippen molar-refractivity contribution in [2.75, 3.05) is 16.4 Å². The molecule has 0 unspecified atom stereocenters. The molecule has 5 rings (SSSR count). The fourth-order valence-corrected chi connectivity index (χ4v) is 7.25. The van der Waals surface area contributed by atoms with E-state index in [9.17, 15) is 19.2 Å². The Hall–Kier alpha value is -5.67. The maximum absolute atomic E-state index is 14.2. The Kier molecular flexibility index (Phi) is 11.7. The Bertz CT molecular complexity index is 1870. The number of carbonyl (C=O) groups excluding carboxylic acids is 4. The quantitative estimate of drug-likeness (QED) is 0.0890. The van der Waals surface area contributed by atoms with E-state index in [0.29, 0.717) is 16.9 Å². The van der Waals surface area contributed by atoms with Gasteiger partial charge in [0.1, 0.15) is 11.6 Å². The highest BCUT2D eigenvalue weighted by Crippen LogP contribution is 2.48. The summed E-state index contributed by atoms with van der Waals surface area (Å²) in [6, 6.07) is 42.5. The number of hydrogen-bond acceptors (Lipinski definition) is 6. The monoisotopic (exact) mass is 699 g/mol. The first kappa shape index (κ1) is 36.6. The van der Waals surface area contributed by atoms with Gasteiger partial charge in [0.2, 0.25) is 11.8 Å². The third-order valence-corrected chi connectivity index (χ3v) is 9.53. The molecule has 5 aromatic carbocycles. The van der Waals surface area contributed by atoms with Crippen LogP contribution in [-0.2, 0) is 19.1 Å². The number of benzene rings is 5. The van der Waals surface area contributed by atoms with Crippen LogP contribution < -0.4 is 16.0 Å². The van der Waals surface area contributed by atoms with Gasteiger partial charge in [-0.25, -0.2) is 4.79 Å². The molecule has 3 N–H and O–H groups in total. The predicted molar refractivity (Wildman–Crippen MR) is 204 cm³/mol. The van der Waals surface area contributed by atoms with Gasteiger partial charge in [0, 0.05) is 29.5 Å². The average Bonchev–Trinajstić information content (AvgIpc) is 3.12. The van der Waals surface area contributed by atoms with Gasteiger partial charge in [0.15, 0.2) is 5.78 Å². The largest absolute Gasteiger partial charge is 0.444 e. The Morgan fingerprint density at radius 1 is 0.667 bits per heavy atom. The maximum atomic E-state index is 14.2. The molecule has 5 aromatic rings. The van der Waals surface area contributed by atoms with Crippen molar-refractivity contribution in [1.29, 1.82) is 0 Å². The molecule has 8 nitrogen and oxygen atoms in total. The Morgan fingerprint density at radius 2 is 1.16 bits per heavy atom. The number of ether oxygens (including phenoxy) is 1. The number of amides is 3. The minimum Gasteiger partial charge on any atom is -0.444 e. The lowest BCUT2D eigenvalue weighted by molar-refractivity contribution is -0.117. The highest BCUT2D eigenvalue weighted by molar-refractivity contribution is 8.00. The van der Waals surface area contributed by atoms with E-state index in [2.05, 4.69) is 52.3 Å². The van der Waals surface area contributed by atoms with E-state index in [1.165, 1.54) is 24.8 Å². The molecule has 260 valence electrons. The molecule has 0 radical (unpaired) electrons. The molecule has 0 aromatic heterocycles. The molecular weight excluding hydrogens is 659 g/mol. The third-order valence-electron chi connectivity index (χ3n) is 7.89. The van der Waals surface area contributed by atoms with Crippen LogP contribution in [0.15, 0.2) is 140 Å². The summed E-state index contributed by atoms with van der Waals surface area (Å²) in [6.45, 7) is 6.62. The fourth-order valence-electron chi connectivity index (χ4n) is 5.69. The van der Waals surface area contributed by atoms with E-state index in [4.69, 9.17) is 4.74 Å². The Labute approximate surface area is 303 Å². The van der Waals surface area contributed by atoms with Crippen molar-refractivity contribution in [3.63, 3.8) is 0 Å².